The van der Waals surface area contributed by atoms with E-state index in [1.54, 1.807) is 18.6 Å². The molecule has 2 aromatic rings. The van der Waals surface area contributed by atoms with Crippen molar-refractivity contribution in [2.75, 3.05) is 18.5 Å². The number of anilines is 1. The number of aryl methyl sites for hydroxylation is 1. The first-order valence-corrected chi connectivity index (χ1v) is 5.54. The standard InChI is InChI=1S/C13H15N3O/c1-11-3-2-4-12(9-11)17-8-7-16-13-10-14-5-6-15-13/h2-6,9-10H,7-8H2,1H3,(H,15,16). The number of nitrogens with zero attached hydrogens (tertiary/aromatic N) is 2. The Labute approximate surface area is 101 Å². The second-order valence-electron chi connectivity index (χ2n) is 3.68. The first-order valence-electron chi connectivity index (χ1n) is 5.54. The maximum Gasteiger partial charge on any atom is 0.144 e. The van der Waals surface area contributed by atoms with Crippen molar-refractivity contribution in [3.63, 3.8) is 0 Å². The zero-order valence-electron chi connectivity index (χ0n) is 9.76. The highest BCUT2D eigenvalue weighted by molar-refractivity contribution is 5.30. The molecule has 0 saturated carbocycles. The maximum absolute atomic E-state index is 5.60. The Kier molecular flexibility index (Phi) is 3.91. The molecule has 1 aromatic heterocycles. The first-order chi connectivity index (χ1) is 8.34. The number of nitrogens with one attached hydrogen (secondary N) is 1. The van der Waals surface area contributed by atoms with Gasteiger partial charge in [-0.2, -0.15) is 0 Å². The number of aromatic nitrogens is 2. The number of hydrogen-bond acceptors (Lipinski definition) is 4. The lowest BCUT2D eigenvalue weighted by molar-refractivity contribution is 0.332. The number of benzene rings is 1. The summed E-state index contributed by atoms with van der Waals surface area (Å²) < 4.78 is 5.60. The van der Waals surface area contributed by atoms with E-state index >= 15 is 0 Å². The van der Waals surface area contributed by atoms with E-state index in [1.165, 1.54) is 5.56 Å². The summed E-state index contributed by atoms with van der Waals surface area (Å²) in [6.07, 6.45) is 4.99. The van der Waals surface area contributed by atoms with Crippen molar-refractivity contribution in [1.29, 1.82) is 0 Å². The van der Waals surface area contributed by atoms with Gasteiger partial charge in [0.2, 0.25) is 0 Å². The highest BCUT2D eigenvalue weighted by Crippen LogP contribution is 2.11. The molecule has 0 aliphatic rings. The molecule has 0 bridgehead atoms. The third-order valence-electron chi connectivity index (χ3n) is 2.23. The topological polar surface area (TPSA) is 47.0 Å². The van der Waals surface area contributed by atoms with Crippen LogP contribution in [0.25, 0.3) is 0 Å². The highest BCUT2D eigenvalue weighted by atomic mass is 16.5. The largest absolute Gasteiger partial charge is 0.492 e. The summed E-state index contributed by atoms with van der Waals surface area (Å²) in [6.45, 7) is 3.34. The Morgan fingerprint density at radius 1 is 1.29 bits per heavy atom. The third-order valence-corrected chi connectivity index (χ3v) is 2.23. The third kappa shape index (κ3) is 3.75. The SMILES string of the molecule is Cc1cccc(OCCNc2cnccn2)c1. The summed E-state index contributed by atoms with van der Waals surface area (Å²) in [5, 5.41) is 3.13. The Balaban J connectivity index is 1.73. The molecule has 88 valence electrons. The van der Waals surface area contributed by atoms with Gasteiger partial charge in [0.05, 0.1) is 12.7 Å². The van der Waals surface area contributed by atoms with Gasteiger partial charge in [0.25, 0.3) is 0 Å². The smallest absolute Gasteiger partial charge is 0.144 e. The molecule has 0 amide bonds. The van der Waals surface area contributed by atoms with Gasteiger partial charge < -0.3 is 10.1 Å². The summed E-state index contributed by atoms with van der Waals surface area (Å²) >= 11 is 0. The van der Waals surface area contributed by atoms with Crippen molar-refractivity contribution in [1.82, 2.24) is 9.97 Å². The molecule has 0 radical (unpaired) electrons. The molecular weight excluding hydrogens is 214 g/mol. The molecule has 0 spiro atoms. The van der Waals surface area contributed by atoms with Crippen LogP contribution < -0.4 is 10.1 Å². The lowest BCUT2D eigenvalue weighted by atomic mass is 10.2. The molecule has 1 aromatic carbocycles. The molecule has 0 aliphatic carbocycles. The van der Waals surface area contributed by atoms with Gasteiger partial charge in [-0.05, 0) is 24.6 Å². The van der Waals surface area contributed by atoms with Crippen LogP contribution in [-0.2, 0) is 0 Å². The van der Waals surface area contributed by atoms with E-state index in [1.807, 2.05) is 31.2 Å². The van der Waals surface area contributed by atoms with E-state index in [-0.39, 0.29) is 0 Å². The van der Waals surface area contributed by atoms with Gasteiger partial charge in [0, 0.05) is 12.4 Å². The second-order valence-corrected chi connectivity index (χ2v) is 3.68. The Hall–Kier alpha value is -2.10. The Morgan fingerprint density at radius 3 is 3.00 bits per heavy atom. The minimum absolute atomic E-state index is 0.597. The van der Waals surface area contributed by atoms with E-state index < -0.39 is 0 Å². The molecule has 4 heteroatoms. The number of ether oxygens (including phenoxy) is 1. The van der Waals surface area contributed by atoms with E-state index in [2.05, 4.69) is 15.3 Å². The van der Waals surface area contributed by atoms with Crippen LogP contribution in [0.1, 0.15) is 5.56 Å². The van der Waals surface area contributed by atoms with Crippen LogP contribution in [0.15, 0.2) is 42.9 Å². The summed E-state index contributed by atoms with van der Waals surface area (Å²) in [6, 6.07) is 8.00. The zero-order chi connectivity index (χ0) is 11.9. The van der Waals surface area contributed by atoms with Gasteiger partial charge in [-0.3, -0.25) is 4.98 Å². The zero-order valence-corrected chi connectivity index (χ0v) is 9.76. The van der Waals surface area contributed by atoms with E-state index in [9.17, 15) is 0 Å². The monoisotopic (exact) mass is 229 g/mol. The van der Waals surface area contributed by atoms with Gasteiger partial charge >= 0.3 is 0 Å². The van der Waals surface area contributed by atoms with Gasteiger partial charge in [0.15, 0.2) is 0 Å². The lowest BCUT2D eigenvalue weighted by Crippen LogP contribution is -2.12. The molecule has 0 aliphatic heterocycles. The van der Waals surface area contributed by atoms with Gasteiger partial charge in [-0.25, -0.2) is 4.98 Å². The molecule has 0 atom stereocenters. The summed E-state index contributed by atoms with van der Waals surface area (Å²) in [7, 11) is 0. The normalized spacial score (nSPS) is 9.94. The quantitative estimate of drug-likeness (QED) is 0.799. The van der Waals surface area contributed by atoms with Crippen molar-refractivity contribution < 1.29 is 4.74 Å². The molecular formula is C13H15N3O. The van der Waals surface area contributed by atoms with Gasteiger partial charge in [0.1, 0.15) is 18.2 Å². The van der Waals surface area contributed by atoms with E-state index in [4.69, 9.17) is 4.74 Å². The number of hydrogen-bond donors (Lipinski definition) is 1. The van der Waals surface area contributed by atoms with Crippen LogP contribution in [0.2, 0.25) is 0 Å². The molecule has 0 fully saturated rings. The summed E-state index contributed by atoms with van der Waals surface area (Å²) in [5.74, 6) is 1.66. The fourth-order valence-electron chi connectivity index (χ4n) is 1.44. The van der Waals surface area contributed by atoms with E-state index in [0.29, 0.717) is 13.2 Å². The summed E-state index contributed by atoms with van der Waals surface area (Å²) in [5.41, 5.74) is 1.20. The fraction of sp³-hybridized carbons (Fsp3) is 0.231. The minimum atomic E-state index is 0.597. The van der Waals surface area contributed by atoms with E-state index in [0.717, 1.165) is 11.6 Å². The van der Waals surface area contributed by atoms with Crippen molar-refractivity contribution in [2.45, 2.75) is 6.92 Å². The predicted molar refractivity (Wildman–Crippen MR) is 67.2 cm³/mol. The maximum atomic E-state index is 5.60. The predicted octanol–water partition coefficient (Wildman–Crippen LogP) is 2.28. The van der Waals surface area contributed by atoms with Crippen LogP contribution in [-0.4, -0.2) is 23.1 Å². The molecule has 1 heterocycles. The molecule has 17 heavy (non-hydrogen) atoms. The van der Waals surface area contributed by atoms with Crippen LogP contribution in [0.3, 0.4) is 0 Å². The number of rotatable bonds is 5. The Bertz CT molecular complexity index is 459. The first kappa shape index (κ1) is 11.4. The van der Waals surface area contributed by atoms with Crippen molar-refractivity contribution in [2.24, 2.45) is 0 Å². The molecule has 1 N–H and O–H groups in total. The van der Waals surface area contributed by atoms with Gasteiger partial charge in [-0.1, -0.05) is 12.1 Å². The van der Waals surface area contributed by atoms with Crippen LogP contribution >= 0.6 is 0 Å². The Morgan fingerprint density at radius 2 is 2.24 bits per heavy atom. The fourth-order valence-corrected chi connectivity index (χ4v) is 1.44. The second kappa shape index (κ2) is 5.84. The molecule has 2 rings (SSSR count). The minimum Gasteiger partial charge on any atom is -0.492 e. The van der Waals surface area contributed by atoms with Crippen molar-refractivity contribution >= 4 is 5.82 Å². The van der Waals surface area contributed by atoms with Crippen LogP contribution in [0.4, 0.5) is 5.82 Å². The molecule has 0 saturated heterocycles. The molecule has 0 unspecified atom stereocenters. The lowest BCUT2D eigenvalue weighted by Gasteiger charge is -2.08. The average Bonchev–Trinajstić information content (AvgIpc) is 2.36. The van der Waals surface area contributed by atoms with Gasteiger partial charge in [-0.15, -0.1) is 0 Å². The van der Waals surface area contributed by atoms with Crippen LogP contribution in [0.5, 0.6) is 5.75 Å². The highest BCUT2D eigenvalue weighted by Gasteiger charge is 1.94. The molecule has 4 nitrogen and oxygen atoms in total. The average molecular weight is 229 g/mol. The van der Waals surface area contributed by atoms with Crippen molar-refractivity contribution in [3.05, 3.63) is 48.4 Å². The summed E-state index contributed by atoms with van der Waals surface area (Å²) in [4.78, 5) is 8.08. The van der Waals surface area contributed by atoms with Crippen molar-refractivity contribution in [3.8, 4) is 5.75 Å². The van der Waals surface area contributed by atoms with Crippen LogP contribution in [0, 0.1) is 6.92 Å².